The van der Waals surface area contributed by atoms with E-state index in [1.54, 1.807) is 0 Å². The number of hydrogen-bond acceptors (Lipinski definition) is 5. The average Bonchev–Trinajstić information content (AvgIpc) is 3.60. The second-order valence-corrected chi connectivity index (χ2v) is 12.2. The van der Waals surface area contributed by atoms with E-state index >= 15 is 0 Å². The van der Waals surface area contributed by atoms with Gasteiger partial charge < -0.3 is 25.5 Å². The van der Waals surface area contributed by atoms with E-state index in [1.807, 2.05) is 40.7 Å². The van der Waals surface area contributed by atoms with Gasteiger partial charge in [0.1, 0.15) is 0 Å². The molecule has 0 unspecified atom stereocenters. The van der Waals surface area contributed by atoms with Crippen LogP contribution in [0, 0.1) is 25.7 Å². The predicted molar refractivity (Wildman–Crippen MR) is 172 cm³/mol. The predicted octanol–water partition coefficient (Wildman–Crippen LogP) is 4.88. The molecule has 0 spiro atoms. The fourth-order valence-electron chi connectivity index (χ4n) is 6.43. The number of carbonyl (C=O) groups excluding carboxylic acids is 2. The van der Waals surface area contributed by atoms with Crippen molar-refractivity contribution in [2.45, 2.75) is 86.0 Å². The van der Waals surface area contributed by atoms with Gasteiger partial charge in [0.25, 0.3) is 5.91 Å². The molecule has 44 heavy (non-hydrogen) atoms. The largest absolute Gasteiger partial charge is 0.481 e. The fraction of sp³-hybridized carbons (Fsp3) is 0.485. The van der Waals surface area contributed by atoms with E-state index in [4.69, 9.17) is 0 Å². The number of allylic oxidation sites excluding steroid dienone is 2. The van der Waals surface area contributed by atoms with E-state index in [1.165, 1.54) is 0 Å². The Morgan fingerprint density at radius 3 is 2.11 bits per heavy atom. The number of rotatable bonds is 14. The number of aromatic nitrogens is 2. The highest BCUT2D eigenvalue weighted by atomic mass is 32.1. The summed E-state index contributed by atoms with van der Waals surface area (Å²) in [6, 6.07) is 0. The van der Waals surface area contributed by atoms with Gasteiger partial charge in [-0.1, -0.05) is 13.8 Å². The second kappa shape index (κ2) is 13.8. The molecule has 4 heterocycles. The highest BCUT2D eigenvalue weighted by molar-refractivity contribution is 7.80. The standard InChI is InChI=1S/C33H42N4O6S/c1-6-20-16(2)26(36-33(20)43)13-24-17(3)21(7-9-30(38)39)27(34-24)15-28-22(8-10-31(40)41)18(4)25(35-28)14-29-23(11-12-44)19(5)32(42)37-29/h14,19,23,34-35,44H,6-13,15H2,1-5H3,(H,37,42)(H,38,39)(H,40,41)/b29-14-/t19-,23-/m1/s1. The summed E-state index contributed by atoms with van der Waals surface area (Å²) in [6.07, 6.45) is 4.68. The molecule has 2 aliphatic heterocycles. The minimum absolute atomic E-state index is 0.0148. The lowest BCUT2D eigenvalue weighted by Gasteiger charge is -2.12. The SMILES string of the molecule is CCC1=C(C)C(Cc2[nH]c(Cc3[nH]c(/C=C4\NC(=O)[C@H](C)[C@H]4CCS)c(C)c3CCC(=O)O)c(CCC(=O)O)c2C)=NC1=O. The molecule has 2 amide bonds. The number of nitrogens with zero attached hydrogens (tertiary/aromatic N) is 1. The summed E-state index contributed by atoms with van der Waals surface area (Å²) in [5, 5.41) is 22.0. The maximum atomic E-state index is 12.5. The van der Waals surface area contributed by atoms with E-state index in [0.29, 0.717) is 49.1 Å². The number of carbonyl (C=O) groups is 4. The fourth-order valence-corrected chi connectivity index (χ4v) is 6.71. The van der Waals surface area contributed by atoms with E-state index in [0.717, 1.165) is 62.7 Å². The number of thiol groups is 1. The molecule has 2 aromatic rings. The Morgan fingerprint density at radius 1 is 0.932 bits per heavy atom. The molecular weight excluding hydrogens is 580 g/mol. The number of carboxylic acid groups (broad SMARTS) is 2. The van der Waals surface area contributed by atoms with Gasteiger partial charge in [0, 0.05) is 71.6 Å². The van der Waals surface area contributed by atoms with Crippen LogP contribution in [0.3, 0.4) is 0 Å². The van der Waals surface area contributed by atoms with Gasteiger partial charge in [0.05, 0.1) is 5.71 Å². The van der Waals surface area contributed by atoms with Crippen LogP contribution in [0.5, 0.6) is 0 Å². The van der Waals surface area contributed by atoms with E-state index < -0.39 is 11.9 Å². The monoisotopic (exact) mass is 622 g/mol. The lowest BCUT2D eigenvalue weighted by atomic mass is 9.91. The van der Waals surface area contributed by atoms with Crippen molar-refractivity contribution in [3.63, 3.8) is 0 Å². The molecule has 0 aromatic carbocycles. The molecule has 5 N–H and O–H groups in total. The number of amides is 2. The molecule has 2 aliphatic rings. The van der Waals surface area contributed by atoms with Gasteiger partial charge in [-0.2, -0.15) is 12.6 Å². The summed E-state index contributed by atoms with van der Waals surface area (Å²) in [5.41, 5.74) is 10.1. The number of H-pyrrole nitrogens is 2. The molecule has 0 radical (unpaired) electrons. The number of hydrogen-bond donors (Lipinski definition) is 6. The van der Waals surface area contributed by atoms with Crippen molar-refractivity contribution in [1.82, 2.24) is 15.3 Å². The molecule has 236 valence electrons. The third-order valence-corrected chi connectivity index (χ3v) is 9.37. The number of aromatic amines is 2. The van der Waals surface area contributed by atoms with Crippen LogP contribution in [0.4, 0.5) is 0 Å². The molecule has 0 saturated carbocycles. The minimum atomic E-state index is -0.899. The number of aliphatic carboxylic acids is 2. The summed E-state index contributed by atoms with van der Waals surface area (Å²) in [7, 11) is 0. The topological polar surface area (TPSA) is 165 Å². The first-order valence-electron chi connectivity index (χ1n) is 15.1. The second-order valence-electron chi connectivity index (χ2n) is 11.8. The number of carboxylic acids is 2. The van der Waals surface area contributed by atoms with Crippen LogP contribution in [0.1, 0.15) is 91.5 Å². The van der Waals surface area contributed by atoms with Crippen LogP contribution >= 0.6 is 12.6 Å². The minimum Gasteiger partial charge on any atom is -0.481 e. The molecule has 11 heteroatoms. The normalized spacial score (nSPS) is 19.3. The van der Waals surface area contributed by atoms with Gasteiger partial charge in [0.15, 0.2) is 0 Å². The van der Waals surface area contributed by atoms with Crippen molar-refractivity contribution in [1.29, 1.82) is 0 Å². The Balaban J connectivity index is 1.75. The van der Waals surface area contributed by atoms with Gasteiger partial charge in [0.2, 0.25) is 5.91 Å². The van der Waals surface area contributed by atoms with Crippen molar-refractivity contribution in [3.8, 4) is 0 Å². The molecule has 2 aromatic heterocycles. The summed E-state index contributed by atoms with van der Waals surface area (Å²) < 4.78 is 0. The lowest BCUT2D eigenvalue weighted by molar-refractivity contribution is -0.138. The molecule has 4 rings (SSSR count). The molecule has 0 bridgehead atoms. The Kier molecular flexibility index (Phi) is 10.4. The van der Waals surface area contributed by atoms with Crippen molar-refractivity contribution in [2.75, 3.05) is 5.75 Å². The van der Waals surface area contributed by atoms with Crippen LogP contribution in [0.25, 0.3) is 6.08 Å². The molecule has 10 nitrogen and oxygen atoms in total. The van der Waals surface area contributed by atoms with Crippen molar-refractivity contribution < 1.29 is 29.4 Å². The summed E-state index contributed by atoms with van der Waals surface area (Å²) in [5.74, 6) is -1.54. The Bertz CT molecular complexity index is 1590. The van der Waals surface area contributed by atoms with E-state index in [2.05, 4.69) is 32.9 Å². The van der Waals surface area contributed by atoms with Gasteiger partial charge >= 0.3 is 11.9 Å². The van der Waals surface area contributed by atoms with Crippen LogP contribution in [0.15, 0.2) is 21.8 Å². The first kappa shape index (κ1) is 33.0. The first-order chi connectivity index (χ1) is 20.9. The maximum absolute atomic E-state index is 12.5. The van der Waals surface area contributed by atoms with Crippen LogP contribution in [-0.2, 0) is 44.9 Å². The van der Waals surface area contributed by atoms with E-state index in [9.17, 15) is 29.4 Å². The van der Waals surface area contributed by atoms with Gasteiger partial charge in [-0.05, 0) is 86.1 Å². The van der Waals surface area contributed by atoms with E-state index in [-0.39, 0.29) is 36.5 Å². The molecule has 0 aliphatic carbocycles. The summed E-state index contributed by atoms with van der Waals surface area (Å²) >= 11 is 4.38. The number of aliphatic imine (C=N–C) groups is 1. The summed E-state index contributed by atoms with van der Waals surface area (Å²) in [6.45, 7) is 9.66. The van der Waals surface area contributed by atoms with Gasteiger partial charge in [-0.3, -0.25) is 19.2 Å². The molecule has 1 saturated heterocycles. The van der Waals surface area contributed by atoms with Crippen molar-refractivity contribution in [2.24, 2.45) is 16.8 Å². The highest BCUT2D eigenvalue weighted by Gasteiger charge is 2.35. The van der Waals surface area contributed by atoms with Crippen LogP contribution < -0.4 is 5.32 Å². The summed E-state index contributed by atoms with van der Waals surface area (Å²) in [4.78, 5) is 59.3. The van der Waals surface area contributed by atoms with Gasteiger partial charge in [-0.15, -0.1) is 0 Å². The smallest absolute Gasteiger partial charge is 0.303 e. The first-order valence-corrected chi connectivity index (χ1v) is 15.8. The molecule has 2 atom stereocenters. The zero-order chi connectivity index (χ0) is 32.3. The highest BCUT2D eigenvalue weighted by Crippen LogP contribution is 2.34. The van der Waals surface area contributed by atoms with Gasteiger partial charge in [-0.25, -0.2) is 4.99 Å². The quantitative estimate of drug-likeness (QED) is 0.164. The Morgan fingerprint density at radius 2 is 1.55 bits per heavy atom. The van der Waals surface area contributed by atoms with Crippen LogP contribution in [-0.4, -0.2) is 55.4 Å². The third kappa shape index (κ3) is 6.93. The molecular formula is C33H42N4O6S. The Labute approximate surface area is 262 Å². The molecule has 1 fully saturated rings. The number of nitrogens with one attached hydrogen (secondary N) is 3. The zero-order valence-corrected chi connectivity index (χ0v) is 26.9. The average molecular weight is 623 g/mol. The lowest BCUT2D eigenvalue weighted by Crippen LogP contribution is -2.16. The maximum Gasteiger partial charge on any atom is 0.303 e. The van der Waals surface area contributed by atoms with Crippen molar-refractivity contribution >= 4 is 48.2 Å². The Hall–Kier alpha value is -3.86. The van der Waals surface area contributed by atoms with Crippen LogP contribution in [0.2, 0.25) is 0 Å². The third-order valence-electron chi connectivity index (χ3n) is 9.11. The zero-order valence-electron chi connectivity index (χ0n) is 26.0. The van der Waals surface area contributed by atoms with Crippen molar-refractivity contribution in [3.05, 3.63) is 61.9 Å².